The van der Waals surface area contributed by atoms with Crippen LogP contribution in [0.2, 0.25) is 0 Å². The topological polar surface area (TPSA) is 59.8 Å². The number of anilines is 1. The van der Waals surface area contributed by atoms with Gasteiger partial charge in [0.1, 0.15) is 0 Å². The van der Waals surface area contributed by atoms with Crippen molar-refractivity contribution in [3.8, 4) is 11.4 Å². The molecule has 1 aromatic heterocycles. The van der Waals surface area contributed by atoms with Gasteiger partial charge in [-0.05, 0) is 36.8 Å². The van der Waals surface area contributed by atoms with Gasteiger partial charge in [-0.2, -0.15) is 8.78 Å². The summed E-state index contributed by atoms with van der Waals surface area (Å²) >= 11 is 1.75. The Hall–Kier alpha value is -2.39. The third-order valence-corrected chi connectivity index (χ3v) is 5.66. The SMILES string of the molecule is Cc1ccccc1-c1nnc(SCC(=O)Nc2ccc(SC(F)F)cc2)n1C. The number of aryl methyl sites for hydroxylation is 1. The molecule has 9 heteroatoms. The van der Waals surface area contributed by atoms with Crippen molar-refractivity contribution in [1.29, 1.82) is 0 Å². The fourth-order valence-corrected chi connectivity index (χ4v) is 3.76. The number of thioether (sulfide) groups is 2. The maximum absolute atomic E-state index is 12.3. The zero-order valence-corrected chi connectivity index (χ0v) is 16.9. The predicted octanol–water partition coefficient (Wildman–Crippen LogP) is 4.84. The van der Waals surface area contributed by atoms with E-state index in [1.54, 1.807) is 24.3 Å². The van der Waals surface area contributed by atoms with Crippen LogP contribution in [-0.2, 0) is 11.8 Å². The summed E-state index contributed by atoms with van der Waals surface area (Å²) in [6.45, 7) is 2.01. The van der Waals surface area contributed by atoms with Gasteiger partial charge in [0.2, 0.25) is 5.91 Å². The Kier molecular flexibility index (Phi) is 6.69. The first-order valence-electron chi connectivity index (χ1n) is 8.37. The lowest BCUT2D eigenvalue weighted by molar-refractivity contribution is -0.113. The van der Waals surface area contributed by atoms with Crippen LogP contribution in [0.4, 0.5) is 14.5 Å². The summed E-state index contributed by atoms with van der Waals surface area (Å²) in [5, 5.41) is 11.8. The van der Waals surface area contributed by atoms with Gasteiger partial charge in [-0.25, -0.2) is 0 Å². The Bertz CT molecular complexity index is 961. The fraction of sp³-hybridized carbons (Fsp3) is 0.211. The molecule has 3 aromatic rings. The van der Waals surface area contributed by atoms with Crippen molar-refractivity contribution in [3.63, 3.8) is 0 Å². The highest BCUT2D eigenvalue weighted by atomic mass is 32.2. The van der Waals surface area contributed by atoms with Crippen LogP contribution < -0.4 is 5.32 Å². The maximum Gasteiger partial charge on any atom is 0.288 e. The maximum atomic E-state index is 12.3. The Morgan fingerprint density at radius 2 is 1.86 bits per heavy atom. The molecule has 2 aromatic carbocycles. The number of aromatic nitrogens is 3. The number of amides is 1. The molecule has 3 rings (SSSR count). The molecule has 0 saturated carbocycles. The number of halogens is 2. The Morgan fingerprint density at radius 1 is 1.14 bits per heavy atom. The van der Waals surface area contributed by atoms with Gasteiger partial charge in [-0.15, -0.1) is 10.2 Å². The molecule has 0 fully saturated rings. The van der Waals surface area contributed by atoms with Crippen LogP contribution in [0.25, 0.3) is 11.4 Å². The van der Waals surface area contributed by atoms with E-state index in [1.807, 2.05) is 42.8 Å². The van der Waals surface area contributed by atoms with Crippen molar-refractivity contribution < 1.29 is 13.6 Å². The molecule has 1 N–H and O–H groups in total. The van der Waals surface area contributed by atoms with Gasteiger partial charge in [0, 0.05) is 23.2 Å². The van der Waals surface area contributed by atoms with Crippen molar-refractivity contribution in [3.05, 3.63) is 54.1 Å². The molecular formula is C19H18F2N4OS2. The largest absolute Gasteiger partial charge is 0.325 e. The molecule has 0 radical (unpaired) electrons. The van der Waals surface area contributed by atoms with E-state index in [4.69, 9.17) is 0 Å². The molecule has 0 spiro atoms. The molecule has 0 aliphatic heterocycles. The van der Waals surface area contributed by atoms with Gasteiger partial charge in [-0.1, -0.05) is 47.8 Å². The van der Waals surface area contributed by atoms with Crippen LogP contribution in [0.3, 0.4) is 0 Å². The third kappa shape index (κ3) is 5.11. The number of nitrogens with one attached hydrogen (secondary N) is 1. The first kappa shape index (κ1) is 20.3. The summed E-state index contributed by atoms with van der Waals surface area (Å²) in [7, 11) is 1.86. The average molecular weight is 421 g/mol. The van der Waals surface area contributed by atoms with E-state index in [-0.39, 0.29) is 11.7 Å². The molecular weight excluding hydrogens is 402 g/mol. The van der Waals surface area contributed by atoms with Crippen LogP contribution in [0, 0.1) is 6.92 Å². The Balaban J connectivity index is 1.59. The highest BCUT2D eigenvalue weighted by Gasteiger charge is 2.14. The molecule has 0 saturated heterocycles. The van der Waals surface area contributed by atoms with E-state index in [9.17, 15) is 13.6 Å². The normalized spacial score (nSPS) is 11.0. The van der Waals surface area contributed by atoms with Crippen LogP contribution in [0.1, 0.15) is 5.56 Å². The number of carbonyl (C=O) groups is 1. The van der Waals surface area contributed by atoms with E-state index >= 15 is 0 Å². The standard InChI is InChI=1S/C19H18F2N4OS2/c1-12-5-3-4-6-15(12)17-23-24-19(25(17)2)27-11-16(26)22-13-7-9-14(10-8-13)28-18(20)21/h3-10,18H,11H2,1-2H3,(H,22,26). The number of rotatable bonds is 7. The van der Waals surface area contributed by atoms with Crippen LogP contribution in [0.15, 0.2) is 58.6 Å². The van der Waals surface area contributed by atoms with E-state index < -0.39 is 5.76 Å². The third-order valence-electron chi connectivity index (χ3n) is 3.92. The molecule has 28 heavy (non-hydrogen) atoms. The zero-order valence-electron chi connectivity index (χ0n) is 15.2. The number of alkyl halides is 2. The number of benzene rings is 2. The number of hydrogen-bond donors (Lipinski definition) is 1. The van der Waals surface area contributed by atoms with E-state index in [0.29, 0.717) is 27.5 Å². The van der Waals surface area contributed by atoms with Crippen molar-refractivity contribution in [2.75, 3.05) is 11.1 Å². The number of carbonyl (C=O) groups excluding carboxylic acids is 1. The second kappa shape index (κ2) is 9.20. The fourth-order valence-electron chi connectivity index (χ4n) is 2.55. The quantitative estimate of drug-likeness (QED) is 0.555. The van der Waals surface area contributed by atoms with Crippen molar-refractivity contribution in [2.24, 2.45) is 7.05 Å². The van der Waals surface area contributed by atoms with Crippen LogP contribution in [0.5, 0.6) is 0 Å². The van der Waals surface area contributed by atoms with E-state index in [0.717, 1.165) is 17.0 Å². The molecule has 146 valence electrons. The minimum absolute atomic E-state index is 0.160. The van der Waals surface area contributed by atoms with Crippen molar-refractivity contribution in [2.45, 2.75) is 22.7 Å². The molecule has 0 aliphatic carbocycles. The molecule has 5 nitrogen and oxygen atoms in total. The van der Waals surface area contributed by atoms with E-state index in [2.05, 4.69) is 15.5 Å². The number of nitrogens with zero attached hydrogens (tertiary/aromatic N) is 3. The predicted molar refractivity (Wildman–Crippen MR) is 109 cm³/mol. The van der Waals surface area contributed by atoms with Crippen LogP contribution >= 0.6 is 23.5 Å². The Labute approximate surface area is 169 Å². The van der Waals surface area contributed by atoms with Gasteiger partial charge >= 0.3 is 0 Å². The van der Waals surface area contributed by atoms with Gasteiger partial charge in [-0.3, -0.25) is 4.79 Å². The van der Waals surface area contributed by atoms with Crippen LogP contribution in [-0.4, -0.2) is 32.2 Å². The van der Waals surface area contributed by atoms with Gasteiger partial charge < -0.3 is 9.88 Å². The monoisotopic (exact) mass is 420 g/mol. The molecule has 0 unspecified atom stereocenters. The highest BCUT2D eigenvalue weighted by molar-refractivity contribution is 8.00. The van der Waals surface area contributed by atoms with Crippen molar-refractivity contribution >= 4 is 35.1 Å². The second-order valence-corrected chi connectivity index (χ2v) is 7.93. The zero-order chi connectivity index (χ0) is 20.1. The summed E-state index contributed by atoms with van der Waals surface area (Å²) in [4.78, 5) is 12.6. The highest BCUT2D eigenvalue weighted by Crippen LogP contribution is 2.27. The molecule has 1 amide bonds. The Morgan fingerprint density at radius 3 is 2.54 bits per heavy atom. The summed E-state index contributed by atoms with van der Waals surface area (Å²) < 4.78 is 26.5. The minimum Gasteiger partial charge on any atom is -0.325 e. The van der Waals surface area contributed by atoms with E-state index in [1.165, 1.54) is 11.8 Å². The number of hydrogen-bond acceptors (Lipinski definition) is 5. The molecule has 0 atom stereocenters. The lowest BCUT2D eigenvalue weighted by Gasteiger charge is -2.07. The van der Waals surface area contributed by atoms with Gasteiger partial charge in [0.25, 0.3) is 5.76 Å². The summed E-state index contributed by atoms with van der Waals surface area (Å²) in [5.74, 6) is -1.77. The van der Waals surface area contributed by atoms with Gasteiger partial charge in [0.05, 0.1) is 5.75 Å². The summed E-state index contributed by atoms with van der Waals surface area (Å²) in [6, 6.07) is 14.2. The van der Waals surface area contributed by atoms with Crippen molar-refractivity contribution in [1.82, 2.24) is 14.8 Å². The minimum atomic E-state index is -2.46. The first-order chi connectivity index (χ1) is 13.4. The second-order valence-electron chi connectivity index (χ2n) is 5.92. The lowest BCUT2D eigenvalue weighted by Crippen LogP contribution is -2.14. The average Bonchev–Trinajstić information content (AvgIpc) is 3.02. The summed E-state index contributed by atoms with van der Waals surface area (Å²) in [6.07, 6.45) is 0. The summed E-state index contributed by atoms with van der Waals surface area (Å²) in [5.41, 5.74) is 2.65. The lowest BCUT2D eigenvalue weighted by atomic mass is 10.1. The smallest absolute Gasteiger partial charge is 0.288 e. The first-order valence-corrected chi connectivity index (χ1v) is 10.2. The molecule has 0 aliphatic rings. The van der Waals surface area contributed by atoms with Gasteiger partial charge in [0.15, 0.2) is 11.0 Å². The molecule has 0 bridgehead atoms. The molecule has 1 heterocycles.